The van der Waals surface area contributed by atoms with E-state index in [1.165, 1.54) is 25.1 Å². The van der Waals surface area contributed by atoms with Crippen LogP contribution in [0.4, 0.5) is 0 Å². The maximum absolute atomic E-state index is 6.07. The van der Waals surface area contributed by atoms with Gasteiger partial charge in [0.05, 0.1) is 18.4 Å². The second-order valence-corrected chi connectivity index (χ2v) is 8.07. The molecule has 23 heavy (non-hydrogen) atoms. The Morgan fingerprint density at radius 3 is 2.74 bits per heavy atom. The number of nitrogens with zero attached hydrogens (tertiary/aromatic N) is 2. The number of hydrogen-bond donors (Lipinski definition) is 0. The summed E-state index contributed by atoms with van der Waals surface area (Å²) in [5, 5.41) is 0. The molecule has 3 nitrogen and oxygen atoms in total. The molecule has 3 heterocycles. The van der Waals surface area contributed by atoms with E-state index in [0.29, 0.717) is 17.5 Å². The van der Waals surface area contributed by atoms with Gasteiger partial charge in [0, 0.05) is 36.3 Å². The minimum absolute atomic E-state index is 0.376. The first-order valence-corrected chi connectivity index (χ1v) is 9.22. The Labute approximate surface area is 142 Å². The minimum Gasteiger partial charge on any atom is -0.371 e. The average Bonchev–Trinajstić information content (AvgIpc) is 2.99. The number of rotatable bonds is 5. The van der Waals surface area contributed by atoms with Crippen molar-refractivity contribution in [3.8, 4) is 0 Å². The van der Waals surface area contributed by atoms with Gasteiger partial charge in [-0.1, -0.05) is 36.4 Å². The molecule has 1 aromatic heterocycles. The lowest BCUT2D eigenvalue weighted by Crippen LogP contribution is -2.58. The molecule has 120 valence electrons. The zero-order valence-corrected chi connectivity index (χ0v) is 14.0. The molecule has 0 N–H and O–H groups in total. The van der Waals surface area contributed by atoms with E-state index in [4.69, 9.17) is 4.74 Å². The van der Waals surface area contributed by atoms with Crippen molar-refractivity contribution in [1.29, 1.82) is 0 Å². The van der Waals surface area contributed by atoms with Crippen molar-refractivity contribution in [3.63, 3.8) is 0 Å². The van der Waals surface area contributed by atoms with Crippen LogP contribution in [-0.4, -0.2) is 39.6 Å². The predicted octanol–water partition coefficient (Wildman–Crippen LogP) is 3.36. The highest BCUT2D eigenvalue weighted by Gasteiger charge is 2.49. The molecule has 1 unspecified atom stereocenters. The van der Waals surface area contributed by atoms with Crippen molar-refractivity contribution >= 4 is 11.8 Å². The number of benzene rings is 1. The third-order valence-electron chi connectivity index (χ3n) is 4.64. The fraction of sp³-hybridized carbons (Fsp3) is 0.421. The molecular formula is C19H22N2OS. The van der Waals surface area contributed by atoms with E-state index < -0.39 is 0 Å². The smallest absolute Gasteiger partial charge is 0.0892 e. The van der Waals surface area contributed by atoms with Crippen molar-refractivity contribution in [2.75, 3.05) is 18.8 Å². The van der Waals surface area contributed by atoms with Gasteiger partial charge in [-0.05, 0) is 24.1 Å². The normalized spacial score (nSPS) is 23.0. The van der Waals surface area contributed by atoms with Crippen LogP contribution in [0.15, 0.2) is 54.7 Å². The number of likely N-dealkylation sites (tertiary alicyclic amines) is 1. The molecule has 2 aromatic rings. The van der Waals surface area contributed by atoms with Gasteiger partial charge in [0.15, 0.2) is 0 Å². The van der Waals surface area contributed by atoms with Gasteiger partial charge in [-0.3, -0.25) is 9.88 Å². The van der Waals surface area contributed by atoms with E-state index in [-0.39, 0.29) is 0 Å². The van der Waals surface area contributed by atoms with E-state index in [9.17, 15) is 0 Å². The number of pyridine rings is 1. The van der Waals surface area contributed by atoms with Gasteiger partial charge in [-0.15, -0.1) is 11.8 Å². The fourth-order valence-electron chi connectivity index (χ4n) is 3.54. The molecule has 0 amide bonds. The Bertz CT molecular complexity index is 628. The van der Waals surface area contributed by atoms with Crippen LogP contribution in [0.3, 0.4) is 0 Å². The van der Waals surface area contributed by atoms with E-state index in [2.05, 4.69) is 52.0 Å². The molecule has 2 aliphatic rings. The van der Waals surface area contributed by atoms with Gasteiger partial charge in [0.2, 0.25) is 0 Å². The molecule has 2 aliphatic heterocycles. The quantitative estimate of drug-likeness (QED) is 0.841. The van der Waals surface area contributed by atoms with Crippen molar-refractivity contribution in [2.24, 2.45) is 0 Å². The van der Waals surface area contributed by atoms with Crippen LogP contribution in [0.1, 0.15) is 17.7 Å². The Morgan fingerprint density at radius 2 is 1.96 bits per heavy atom. The summed E-state index contributed by atoms with van der Waals surface area (Å²) in [6, 6.07) is 16.7. The molecule has 1 aromatic carbocycles. The molecule has 0 radical (unpaired) electrons. The number of thioether (sulfide) groups is 1. The SMILES string of the molecule is c1ccc(CN2CC3(CC(OCc4ccccn4)CS3)C2)cc1. The van der Waals surface area contributed by atoms with Crippen LogP contribution >= 0.6 is 11.8 Å². The first-order chi connectivity index (χ1) is 11.3. The predicted molar refractivity (Wildman–Crippen MR) is 94.3 cm³/mol. The van der Waals surface area contributed by atoms with E-state index in [1.54, 1.807) is 0 Å². The summed E-state index contributed by atoms with van der Waals surface area (Å²) in [6.07, 6.45) is 3.38. The average molecular weight is 326 g/mol. The van der Waals surface area contributed by atoms with Gasteiger partial charge >= 0.3 is 0 Å². The minimum atomic E-state index is 0.376. The van der Waals surface area contributed by atoms with Gasteiger partial charge in [-0.2, -0.15) is 0 Å². The third kappa shape index (κ3) is 3.60. The summed E-state index contributed by atoms with van der Waals surface area (Å²) in [5.74, 6) is 1.12. The molecule has 4 heteroatoms. The zero-order chi connectivity index (χ0) is 15.5. The highest BCUT2D eigenvalue weighted by Crippen LogP contribution is 2.46. The highest BCUT2D eigenvalue weighted by atomic mass is 32.2. The van der Waals surface area contributed by atoms with E-state index in [0.717, 1.165) is 18.0 Å². The summed E-state index contributed by atoms with van der Waals surface area (Å²) >= 11 is 2.10. The van der Waals surface area contributed by atoms with Crippen LogP contribution in [0.5, 0.6) is 0 Å². The lowest BCUT2D eigenvalue weighted by molar-refractivity contribution is 0.0251. The molecular weight excluding hydrogens is 304 g/mol. The summed E-state index contributed by atoms with van der Waals surface area (Å²) in [6.45, 7) is 4.09. The van der Waals surface area contributed by atoms with Gasteiger partial charge in [-0.25, -0.2) is 0 Å². The van der Waals surface area contributed by atoms with Crippen LogP contribution in [-0.2, 0) is 17.9 Å². The summed E-state index contributed by atoms with van der Waals surface area (Å²) in [7, 11) is 0. The number of hydrogen-bond acceptors (Lipinski definition) is 4. The molecule has 1 spiro atoms. The Hall–Kier alpha value is -1.36. The summed E-state index contributed by atoms with van der Waals surface area (Å²) < 4.78 is 6.51. The Morgan fingerprint density at radius 1 is 1.13 bits per heavy atom. The lowest BCUT2D eigenvalue weighted by Gasteiger charge is -2.47. The van der Waals surface area contributed by atoms with Crippen molar-refractivity contribution in [2.45, 2.75) is 30.4 Å². The monoisotopic (exact) mass is 326 g/mol. The molecule has 0 bridgehead atoms. The molecule has 0 saturated carbocycles. The van der Waals surface area contributed by atoms with E-state index in [1.807, 2.05) is 24.4 Å². The van der Waals surface area contributed by atoms with Gasteiger partial charge in [0.1, 0.15) is 0 Å². The van der Waals surface area contributed by atoms with Crippen LogP contribution in [0, 0.1) is 0 Å². The second-order valence-electron chi connectivity index (χ2n) is 6.58. The maximum Gasteiger partial charge on any atom is 0.0892 e. The summed E-state index contributed by atoms with van der Waals surface area (Å²) in [5.41, 5.74) is 2.44. The molecule has 2 saturated heterocycles. The van der Waals surface area contributed by atoms with Crippen LogP contribution in [0.2, 0.25) is 0 Å². The molecule has 2 fully saturated rings. The largest absolute Gasteiger partial charge is 0.371 e. The topological polar surface area (TPSA) is 25.4 Å². The van der Waals surface area contributed by atoms with Crippen molar-refractivity contribution in [1.82, 2.24) is 9.88 Å². The fourth-order valence-corrected chi connectivity index (χ4v) is 5.14. The molecule has 4 rings (SSSR count). The van der Waals surface area contributed by atoms with Crippen molar-refractivity contribution < 1.29 is 4.74 Å². The van der Waals surface area contributed by atoms with Crippen LogP contribution in [0.25, 0.3) is 0 Å². The highest BCUT2D eigenvalue weighted by molar-refractivity contribution is 8.01. The molecule has 1 atom stereocenters. The Kier molecular flexibility index (Phi) is 4.38. The summed E-state index contributed by atoms with van der Waals surface area (Å²) in [4.78, 5) is 6.87. The molecule has 0 aliphatic carbocycles. The maximum atomic E-state index is 6.07. The standard InChI is InChI=1S/C19H22N2OS/c1-2-6-16(7-3-1)11-21-14-19(15-21)10-18(13-23-19)22-12-17-8-4-5-9-20-17/h1-9,18H,10-15H2. The zero-order valence-electron chi connectivity index (χ0n) is 13.2. The third-order valence-corrected chi connectivity index (χ3v) is 6.22. The Balaban J connectivity index is 1.24. The number of aromatic nitrogens is 1. The first-order valence-electron chi connectivity index (χ1n) is 8.23. The van der Waals surface area contributed by atoms with Crippen molar-refractivity contribution in [3.05, 3.63) is 66.0 Å². The second kappa shape index (κ2) is 6.63. The van der Waals surface area contributed by atoms with E-state index >= 15 is 0 Å². The first kappa shape index (κ1) is 15.2. The number of ether oxygens (including phenoxy) is 1. The lowest BCUT2D eigenvalue weighted by atomic mass is 9.92. The van der Waals surface area contributed by atoms with Gasteiger partial charge < -0.3 is 4.74 Å². The van der Waals surface area contributed by atoms with Crippen LogP contribution < -0.4 is 0 Å². The van der Waals surface area contributed by atoms with Gasteiger partial charge in [0.25, 0.3) is 0 Å².